The third-order valence-electron chi connectivity index (χ3n) is 3.93. The lowest BCUT2D eigenvalue weighted by atomic mass is 9.94. The fraction of sp³-hybridized carbons (Fsp3) is 0.562. The normalized spacial score (nSPS) is 16.9. The molecule has 0 spiro atoms. The molecule has 20 heavy (non-hydrogen) atoms. The number of carbonyl (C=O) groups is 1. The minimum atomic E-state index is -0.187. The highest BCUT2D eigenvalue weighted by molar-refractivity contribution is 5.74. The van der Waals surface area contributed by atoms with E-state index in [-0.39, 0.29) is 36.6 Å². The minimum absolute atomic E-state index is 0.0361. The number of aliphatic hydroxyl groups excluding tert-OH is 1. The van der Waals surface area contributed by atoms with Crippen LogP contribution < -0.4 is 10.6 Å². The molecule has 0 aliphatic rings. The first kappa shape index (κ1) is 16.5. The molecule has 1 aromatic rings. The minimum Gasteiger partial charge on any atom is -0.396 e. The molecule has 0 saturated carbocycles. The van der Waals surface area contributed by atoms with E-state index in [4.69, 9.17) is 5.11 Å². The molecule has 4 atom stereocenters. The molecule has 0 aromatic heterocycles. The van der Waals surface area contributed by atoms with Crippen LogP contribution in [0.25, 0.3) is 0 Å². The number of nitrogens with one attached hydrogen (secondary N) is 2. The van der Waals surface area contributed by atoms with Gasteiger partial charge in [-0.15, -0.1) is 0 Å². The van der Waals surface area contributed by atoms with Crippen molar-refractivity contribution >= 4 is 6.03 Å². The molecule has 3 N–H and O–H groups in total. The van der Waals surface area contributed by atoms with Crippen LogP contribution in [0.15, 0.2) is 30.3 Å². The zero-order valence-corrected chi connectivity index (χ0v) is 12.8. The van der Waals surface area contributed by atoms with Gasteiger partial charge in [-0.25, -0.2) is 4.79 Å². The zero-order valence-electron chi connectivity index (χ0n) is 12.8. The standard InChI is InChI=1S/C16H26N2O2/c1-11(10-19)13(3)17-16(20)18-14(4)12(2)15-8-6-5-7-9-15/h5-9,11-14,19H,10H2,1-4H3,(H2,17,18,20). The number of aliphatic hydroxyl groups is 1. The molecule has 0 fully saturated rings. The molecule has 0 aliphatic carbocycles. The largest absolute Gasteiger partial charge is 0.396 e. The molecule has 0 saturated heterocycles. The maximum atomic E-state index is 11.9. The number of amides is 2. The number of benzene rings is 1. The van der Waals surface area contributed by atoms with Crippen molar-refractivity contribution in [2.45, 2.75) is 45.7 Å². The van der Waals surface area contributed by atoms with Gasteiger partial charge in [0.05, 0.1) is 0 Å². The van der Waals surface area contributed by atoms with E-state index in [0.717, 1.165) is 0 Å². The first-order valence-electron chi connectivity index (χ1n) is 7.18. The maximum Gasteiger partial charge on any atom is 0.315 e. The van der Waals surface area contributed by atoms with Gasteiger partial charge in [0, 0.05) is 24.6 Å². The van der Waals surface area contributed by atoms with Crippen molar-refractivity contribution in [2.24, 2.45) is 5.92 Å². The molecule has 0 heterocycles. The highest BCUT2D eigenvalue weighted by Crippen LogP contribution is 2.18. The summed E-state index contributed by atoms with van der Waals surface area (Å²) >= 11 is 0. The van der Waals surface area contributed by atoms with Gasteiger partial charge in [0.15, 0.2) is 0 Å². The summed E-state index contributed by atoms with van der Waals surface area (Å²) in [6.45, 7) is 7.96. The quantitative estimate of drug-likeness (QED) is 0.748. The van der Waals surface area contributed by atoms with E-state index < -0.39 is 0 Å². The third kappa shape index (κ3) is 4.85. The van der Waals surface area contributed by atoms with Gasteiger partial charge in [0.2, 0.25) is 0 Å². The summed E-state index contributed by atoms with van der Waals surface area (Å²) in [6, 6.07) is 9.92. The summed E-state index contributed by atoms with van der Waals surface area (Å²) in [6.07, 6.45) is 0. The molecule has 0 aliphatic heterocycles. The number of hydrogen-bond donors (Lipinski definition) is 3. The summed E-state index contributed by atoms with van der Waals surface area (Å²) in [5.74, 6) is 0.287. The molecule has 0 radical (unpaired) electrons. The Morgan fingerprint density at radius 2 is 1.60 bits per heavy atom. The van der Waals surface area contributed by atoms with Gasteiger partial charge in [0.1, 0.15) is 0 Å². The van der Waals surface area contributed by atoms with Crippen LogP contribution in [0.1, 0.15) is 39.2 Å². The van der Waals surface area contributed by atoms with Crippen LogP contribution in [0.5, 0.6) is 0 Å². The maximum absolute atomic E-state index is 11.9. The van der Waals surface area contributed by atoms with Gasteiger partial charge in [-0.1, -0.05) is 44.2 Å². The molecule has 1 aromatic carbocycles. The molecule has 4 unspecified atom stereocenters. The highest BCUT2D eigenvalue weighted by atomic mass is 16.3. The molecule has 0 bridgehead atoms. The number of urea groups is 1. The van der Waals surface area contributed by atoms with E-state index in [2.05, 4.69) is 29.7 Å². The predicted molar refractivity (Wildman–Crippen MR) is 81.7 cm³/mol. The average molecular weight is 278 g/mol. The number of rotatable bonds is 6. The van der Waals surface area contributed by atoms with Gasteiger partial charge in [-0.05, 0) is 25.3 Å². The smallest absolute Gasteiger partial charge is 0.315 e. The Kier molecular flexibility index (Phi) is 6.52. The van der Waals surface area contributed by atoms with Crippen LogP contribution in [0, 0.1) is 5.92 Å². The van der Waals surface area contributed by atoms with E-state index in [1.807, 2.05) is 39.0 Å². The summed E-state index contributed by atoms with van der Waals surface area (Å²) in [5, 5.41) is 14.9. The fourth-order valence-electron chi connectivity index (χ4n) is 1.93. The van der Waals surface area contributed by atoms with Crippen LogP contribution in [-0.4, -0.2) is 29.8 Å². The number of hydrogen-bond acceptors (Lipinski definition) is 2. The first-order chi connectivity index (χ1) is 9.45. The zero-order chi connectivity index (χ0) is 15.1. The Hall–Kier alpha value is -1.55. The van der Waals surface area contributed by atoms with Crippen molar-refractivity contribution < 1.29 is 9.90 Å². The van der Waals surface area contributed by atoms with Crippen LogP contribution >= 0.6 is 0 Å². The van der Waals surface area contributed by atoms with E-state index in [0.29, 0.717) is 0 Å². The third-order valence-corrected chi connectivity index (χ3v) is 3.93. The second-order valence-electron chi connectivity index (χ2n) is 5.55. The van der Waals surface area contributed by atoms with E-state index in [9.17, 15) is 4.79 Å². The topological polar surface area (TPSA) is 61.4 Å². The summed E-state index contributed by atoms with van der Waals surface area (Å²) < 4.78 is 0. The Morgan fingerprint density at radius 1 is 1.05 bits per heavy atom. The van der Waals surface area contributed by atoms with Crippen LogP contribution in [-0.2, 0) is 0 Å². The van der Waals surface area contributed by atoms with Crippen molar-refractivity contribution in [3.05, 3.63) is 35.9 Å². The second kappa shape index (κ2) is 7.90. The second-order valence-corrected chi connectivity index (χ2v) is 5.55. The summed E-state index contributed by atoms with van der Waals surface area (Å²) in [4.78, 5) is 11.9. The van der Waals surface area contributed by atoms with Gasteiger partial charge >= 0.3 is 6.03 Å². The van der Waals surface area contributed by atoms with Gasteiger partial charge in [-0.2, -0.15) is 0 Å². The lowest BCUT2D eigenvalue weighted by Crippen LogP contribution is -2.48. The molecule has 4 nitrogen and oxygen atoms in total. The Labute approximate surface area is 121 Å². The fourth-order valence-corrected chi connectivity index (χ4v) is 1.93. The molecule has 4 heteroatoms. The first-order valence-corrected chi connectivity index (χ1v) is 7.18. The van der Waals surface area contributed by atoms with Crippen molar-refractivity contribution in [1.82, 2.24) is 10.6 Å². The van der Waals surface area contributed by atoms with Gasteiger partial charge < -0.3 is 15.7 Å². The molecule has 1 rings (SSSR count). The van der Waals surface area contributed by atoms with Gasteiger partial charge in [-0.3, -0.25) is 0 Å². The number of carbonyl (C=O) groups excluding carboxylic acids is 1. The molecule has 2 amide bonds. The predicted octanol–water partition coefficient (Wildman–Crippen LogP) is 2.49. The van der Waals surface area contributed by atoms with E-state index in [1.165, 1.54) is 5.56 Å². The van der Waals surface area contributed by atoms with E-state index >= 15 is 0 Å². The van der Waals surface area contributed by atoms with Gasteiger partial charge in [0.25, 0.3) is 0 Å². The lowest BCUT2D eigenvalue weighted by molar-refractivity contribution is 0.199. The van der Waals surface area contributed by atoms with Crippen LogP contribution in [0.4, 0.5) is 4.79 Å². The monoisotopic (exact) mass is 278 g/mol. The van der Waals surface area contributed by atoms with Crippen molar-refractivity contribution in [2.75, 3.05) is 6.61 Å². The Morgan fingerprint density at radius 3 is 2.15 bits per heavy atom. The average Bonchev–Trinajstić information content (AvgIpc) is 2.46. The SMILES string of the molecule is CC(CO)C(C)NC(=O)NC(C)C(C)c1ccccc1. The van der Waals surface area contributed by atoms with E-state index in [1.54, 1.807) is 0 Å². The summed E-state index contributed by atoms with van der Waals surface area (Å²) in [5.41, 5.74) is 1.21. The van der Waals surface area contributed by atoms with Crippen molar-refractivity contribution in [3.8, 4) is 0 Å². The van der Waals surface area contributed by atoms with Crippen LogP contribution in [0.2, 0.25) is 0 Å². The highest BCUT2D eigenvalue weighted by Gasteiger charge is 2.18. The summed E-state index contributed by atoms with van der Waals surface area (Å²) in [7, 11) is 0. The Bertz CT molecular complexity index is 408. The molecule has 112 valence electrons. The molecular weight excluding hydrogens is 252 g/mol. The van der Waals surface area contributed by atoms with Crippen molar-refractivity contribution in [1.29, 1.82) is 0 Å². The van der Waals surface area contributed by atoms with Crippen molar-refractivity contribution in [3.63, 3.8) is 0 Å². The van der Waals surface area contributed by atoms with Crippen LogP contribution in [0.3, 0.4) is 0 Å². The lowest BCUT2D eigenvalue weighted by Gasteiger charge is -2.25. The molecular formula is C16H26N2O2. The Balaban J connectivity index is 2.49.